The monoisotopic (exact) mass is 258 g/mol. The lowest BCUT2D eigenvalue weighted by Gasteiger charge is -2.28. The Balaban J connectivity index is 3.05. The Labute approximate surface area is 105 Å². The van der Waals surface area contributed by atoms with Crippen LogP contribution in [0.5, 0.6) is 5.75 Å². The highest BCUT2D eigenvalue weighted by molar-refractivity contribution is 5.69. The topological polar surface area (TPSA) is 87.7 Å². The lowest BCUT2D eigenvalue weighted by atomic mass is 10.0. The van der Waals surface area contributed by atoms with Crippen molar-refractivity contribution in [3.05, 3.63) is 17.9 Å². The van der Waals surface area contributed by atoms with E-state index in [0.29, 0.717) is 12.3 Å². The summed E-state index contributed by atoms with van der Waals surface area (Å²) in [6.45, 7) is 3.12. The molecule has 0 atom stereocenters. The van der Waals surface area contributed by atoms with Gasteiger partial charge in [0.2, 0.25) is 0 Å². The summed E-state index contributed by atoms with van der Waals surface area (Å²) in [5, 5.41) is 21.3. The van der Waals surface area contributed by atoms with E-state index in [4.69, 9.17) is 10.5 Å². The van der Waals surface area contributed by atoms with Gasteiger partial charge >= 0.3 is 0 Å². The predicted octanol–water partition coefficient (Wildman–Crippen LogP) is 0.962. The lowest BCUT2D eigenvalue weighted by molar-refractivity contribution is 0.147. The van der Waals surface area contributed by atoms with Crippen molar-refractivity contribution in [3.63, 3.8) is 0 Å². The summed E-state index contributed by atoms with van der Waals surface area (Å²) in [5.41, 5.74) is 5.34. The van der Waals surface area contributed by atoms with Crippen molar-refractivity contribution in [2.45, 2.75) is 19.4 Å². The van der Waals surface area contributed by atoms with E-state index in [1.54, 1.807) is 13.8 Å². The zero-order valence-electron chi connectivity index (χ0n) is 10.5. The fourth-order valence-corrected chi connectivity index (χ4v) is 1.40. The van der Waals surface area contributed by atoms with Crippen molar-refractivity contribution in [2.75, 3.05) is 30.9 Å². The van der Waals surface area contributed by atoms with Crippen molar-refractivity contribution >= 4 is 11.4 Å². The molecular weight excluding hydrogens is 239 g/mol. The number of hydrogen-bond acceptors (Lipinski definition) is 5. The second-order valence-electron chi connectivity index (χ2n) is 4.30. The molecule has 0 fully saturated rings. The largest absolute Gasteiger partial charge is 0.491 e. The molecule has 18 heavy (non-hydrogen) atoms. The number of hydrogen-bond donors (Lipinski definition) is 4. The molecule has 0 aliphatic heterocycles. The summed E-state index contributed by atoms with van der Waals surface area (Å²) in [5.74, 6) is -0.470. The van der Waals surface area contributed by atoms with E-state index in [0.717, 1.165) is 6.07 Å². The first kappa shape index (κ1) is 14.5. The Morgan fingerprint density at radius 3 is 2.50 bits per heavy atom. The molecule has 102 valence electrons. The number of benzene rings is 1. The molecule has 0 heterocycles. The Morgan fingerprint density at radius 1 is 1.39 bits per heavy atom. The molecule has 1 rings (SSSR count). The van der Waals surface area contributed by atoms with Crippen molar-refractivity contribution in [1.82, 2.24) is 0 Å². The molecule has 0 saturated carbocycles. The van der Waals surface area contributed by atoms with Gasteiger partial charge in [0, 0.05) is 12.1 Å². The average molecular weight is 258 g/mol. The number of nitrogen functional groups attached to an aromatic ring is 1. The highest BCUT2D eigenvalue weighted by Gasteiger charge is 2.23. The van der Waals surface area contributed by atoms with Gasteiger partial charge in [0.05, 0.1) is 36.7 Å². The third kappa shape index (κ3) is 3.24. The highest BCUT2D eigenvalue weighted by Crippen LogP contribution is 2.30. The first-order chi connectivity index (χ1) is 8.45. The number of aliphatic hydroxyl groups excluding tert-OH is 2. The number of halogens is 1. The standard InChI is InChI=1S/C12H19FN2O3/c1-3-18-11-5-10(9(14)4-8(11)13)15-12(2,6-16)7-17/h4-5,15-17H,3,6-7,14H2,1-2H3. The molecule has 0 radical (unpaired) electrons. The quantitative estimate of drug-likeness (QED) is 0.571. The molecule has 0 aliphatic carbocycles. The summed E-state index contributed by atoms with van der Waals surface area (Å²) >= 11 is 0. The van der Waals surface area contributed by atoms with Gasteiger partial charge in [-0.25, -0.2) is 4.39 Å². The van der Waals surface area contributed by atoms with Gasteiger partial charge < -0.3 is 26.0 Å². The molecule has 0 aliphatic rings. The molecule has 0 bridgehead atoms. The summed E-state index contributed by atoms with van der Waals surface area (Å²) in [6.07, 6.45) is 0. The van der Waals surface area contributed by atoms with Gasteiger partial charge in [-0.05, 0) is 13.8 Å². The summed E-state index contributed by atoms with van der Waals surface area (Å²) in [4.78, 5) is 0. The van der Waals surface area contributed by atoms with Crippen LogP contribution in [-0.2, 0) is 0 Å². The van der Waals surface area contributed by atoms with Crippen LogP contribution in [0.1, 0.15) is 13.8 Å². The Bertz CT molecular complexity index is 409. The fraction of sp³-hybridized carbons (Fsp3) is 0.500. The van der Waals surface area contributed by atoms with Gasteiger partial charge in [0.1, 0.15) is 0 Å². The van der Waals surface area contributed by atoms with E-state index >= 15 is 0 Å². The van der Waals surface area contributed by atoms with Gasteiger partial charge in [0.15, 0.2) is 11.6 Å². The first-order valence-electron chi connectivity index (χ1n) is 5.67. The van der Waals surface area contributed by atoms with Crippen molar-refractivity contribution in [1.29, 1.82) is 0 Å². The SMILES string of the molecule is CCOc1cc(NC(C)(CO)CO)c(N)cc1F. The summed E-state index contributed by atoms with van der Waals surface area (Å²) in [6, 6.07) is 2.56. The fourth-order valence-electron chi connectivity index (χ4n) is 1.40. The van der Waals surface area contributed by atoms with Crippen LogP contribution < -0.4 is 15.8 Å². The number of ether oxygens (including phenoxy) is 1. The number of nitrogens with one attached hydrogen (secondary N) is 1. The molecular formula is C12H19FN2O3. The van der Waals surface area contributed by atoms with Crippen LogP contribution in [0, 0.1) is 5.82 Å². The molecule has 5 N–H and O–H groups in total. The number of nitrogens with two attached hydrogens (primary N) is 1. The molecule has 6 heteroatoms. The van der Waals surface area contributed by atoms with E-state index in [9.17, 15) is 14.6 Å². The molecule has 0 unspecified atom stereocenters. The van der Waals surface area contributed by atoms with Gasteiger partial charge in [-0.1, -0.05) is 0 Å². The van der Waals surface area contributed by atoms with Crippen molar-refractivity contribution < 1.29 is 19.3 Å². The molecule has 5 nitrogen and oxygen atoms in total. The Kier molecular flexibility index (Phi) is 4.75. The molecule has 1 aromatic carbocycles. The Morgan fingerprint density at radius 2 is 2.00 bits per heavy atom. The normalized spacial score (nSPS) is 11.4. The lowest BCUT2D eigenvalue weighted by Crippen LogP contribution is -2.42. The van der Waals surface area contributed by atoms with Crippen LogP contribution in [0.25, 0.3) is 0 Å². The van der Waals surface area contributed by atoms with Crippen LogP contribution in [0.15, 0.2) is 12.1 Å². The number of aliphatic hydroxyl groups is 2. The van der Waals surface area contributed by atoms with Gasteiger partial charge in [0.25, 0.3) is 0 Å². The minimum absolute atomic E-state index is 0.0763. The second-order valence-corrected chi connectivity index (χ2v) is 4.30. The predicted molar refractivity (Wildman–Crippen MR) is 68.2 cm³/mol. The average Bonchev–Trinajstić information content (AvgIpc) is 2.35. The second kappa shape index (κ2) is 5.88. The number of rotatable bonds is 6. The first-order valence-corrected chi connectivity index (χ1v) is 5.67. The van der Waals surface area contributed by atoms with Crippen LogP contribution in [0.4, 0.5) is 15.8 Å². The van der Waals surface area contributed by atoms with E-state index in [1.165, 1.54) is 6.07 Å². The van der Waals surface area contributed by atoms with Gasteiger partial charge in [-0.15, -0.1) is 0 Å². The maximum Gasteiger partial charge on any atom is 0.167 e. The summed E-state index contributed by atoms with van der Waals surface area (Å²) in [7, 11) is 0. The zero-order chi connectivity index (χ0) is 13.8. The molecule has 0 aromatic heterocycles. The molecule has 1 aromatic rings. The zero-order valence-corrected chi connectivity index (χ0v) is 10.5. The van der Waals surface area contributed by atoms with Crippen LogP contribution >= 0.6 is 0 Å². The van der Waals surface area contributed by atoms with Gasteiger partial charge in [-0.3, -0.25) is 0 Å². The third-order valence-corrected chi connectivity index (χ3v) is 2.54. The van der Waals surface area contributed by atoms with E-state index in [2.05, 4.69) is 5.32 Å². The maximum atomic E-state index is 13.5. The van der Waals surface area contributed by atoms with Crippen LogP contribution in [0.2, 0.25) is 0 Å². The molecule has 0 spiro atoms. The maximum absolute atomic E-state index is 13.5. The molecule has 0 amide bonds. The van der Waals surface area contributed by atoms with E-state index in [-0.39, 0.29) is 24.7 Å². The minimum atomic E-state index is -0.935. The van der Waals surface area contributed by atoms with Crippen molar-refractivity contribution in [2.24, 2.45) is 0 Å². The third-order valence-electron chi connectivity index (χ3n) is 2.54. The molecule has 0 saturated heterocycles. The van der Waals surface area contributed by atoms with Crippen LogP contribution in [-0.4, -0.2) is 35.6 Å². The van der Waals surface area contributed by atoms with Gasteiger partial charge in [-0.2, -0.15) is 0 Å². The van der Waals surface area contributed by atoms with Crippen molar-refractivity contribution in [3.8, 4) is 5.75 Å². The highest BCUT2D eigenvalue weighted by atomic mass is 19.1. The summed E-state index contributed by atoms with van der Waals surface area (Å²) < 4.78 is 18.6. The minimum Gasteiger partial charge on any atom is -0.491 e. The smallest absolute Gasteiger partial charge is 0.167 e. The van der Waals surface area contributed by atoms with Crippen LogP contribution in [0.3, 0.4) is 0 Å². The Hall–Kier alpha value is -1.53. The number of anilines is 2. The van der Waals surface area contributed by atoms with E-state index < -0.39 is 11.4 Å². The van der Waals surface area contributed by atoms with E-state index in [1.807, 2.05) is 0 Å².